The molecule has 0 aromatic carbocycles. The first-order valence-corrected chi connectivity index (χ1v) is 13.3. The first-order chi connectivity index (χ1) is 14.4. The molecular formula is C27H43NO2. The molecule has 6 fully saturated rings. The van der Waals surface area contributed by atoms with Gasteiger partial charge in [0.2, 0.25) is 0 Å². The fourth-order valence-electron chi connectivity index (χ4n) is 10.4. The van der Waals surface area contributed by atoms with E-state index in [0.29, 0.717) is 18.1 Å². The van der Waals surface area contributed by atoms with E-state index in [2.05, 4.69) is 25.7 Å². The van der Waals surface area contributed by atoms with Crippen molar-refractivity contribution in [3.05, 3.63) is 0 Å². The third-order valence-corrected chi connectivity index (χ3v) is 11.8. The zero-order valence-electron chi connectivity index (χ0n) is 19.4. The molecule has 6 aliphatic rings. The lowest BCUT2D eigenvalue weighted by molar-refractivity contribution is -0.142. The second-order valence-electron chi connectivity index (χ2n) is 13.0. The molecule has 6 rings (SSSR count). The van der Waals surface area contributed by atoms with Crippen LogP contribution in [-0.4, -0.2) is 41.0 Å². The quantitative estimate of drug-likeness (QED) is 0.622. The van der Waals surface area contributed by atoms with Gasteiger partial charge in [-0.3, -0.25) is 9.69 Å². The van der Waals surface area contributed by atoms with E-state index in [4.69, 9.17) is 0 Å². The molecule has 0 amide bonds. The zero-order chi connectivity index (χ0) is 20.8. The Morgan fingerprint density at radius 1 is 0.900 bits per heavy atom. The SMILES string of the molecule is C[C@H]1CC[C@H]2[C@H](C)[C@H]3CC[C@@H]4[C@@H](C[C@H]5[C@H]4C[C@H](O)[C@H]4CC(=O)CC[C@@]45C)[C@@H]3CN2C1. The second kappa shape index (κ2) is 7.04. The summed E-state index contributed by atoms with van der Waals surface area (Å²) >= 11 is 0. The van der Waals surface area contributed by atoms with Crippen molar-refractivity contribution in [1.82, 2.24) is 4.90 Å². The van der Waals surface area contributed by atoms with Gasteiger partial charge in [-0.25, -0.2) is 0 Å². The average molecular weight is 414 g/mol. The van der Waals surface area contributed by atoms with Gasteiger partial charge in [-0.15, -0.1) is 0 Å². The van der Waals surface area contributed by atoms with Crippen LogP contribution in [0.3, 0.4) is 0 Å². The molecule has 0 unspecified atom stereocenters. The van der Waals surface area contributed by atoms with Crippen LogP contribution in [0.4, 0.5) is 0 Å². The number of piperidine rings is 2. The van der Waals surface area contributed by atoms with Gasteiger partial charge in [0.05, 0.1) is 6.10 Å². The maximum Gasteiger partial charge on any atom is 0.133 e. The third-order valence-electron chi connectivity index (χ3n) is 11.8. The lowest BCUT2D eigenvalue weighted by Gasteiger charge is -2.56. The number of carbonyl (C=O) groups excluding carboxylic acids is 1. The number of ketones is 1. The summed E-state index contributed by atoms with van der Waals surface area (Å²) in [5.41, 5.74) is 0.200. The van der Waals surface area contributed by atoms with Crippen molar-refractivity contribution in [3.63, 3.8) is 0 Å². The van der Waals surface area contributed by atoms with Crippen LogP contribution < -0.4 is 0 Å². The predicted molar refractivity (Wildman–Crippen MR) is 119 cm³/mol. The average Bonchev–Trinajstić information content (AvgIpc) is 3.09. The molecule has 30 heavy (non-hydrogen) atoms. The van der Waals surface area contributed by atoms with E-state index in [0.717, 1.165) is 66.7 Å². The minimum absolute atomic E-state index is 0.200. The zero-order valence-corrected chi connectivity index (χ0v) is 19.4. The van der Waals surface area contributed by atoms with Crippen molar-refractivity contribution in [2.45, 2.75) is 90.7 Å². The molecular weight excluding hydrogens is 370 g/mol. The normalized spacial score (nSPS) is 58.3. The maximum atomic E-state index is 12.2. The molecule has 4 saturated carbocycles. The van der Waals surface area contributed by atoms with Crippen LogP contribution >= 0.6 is 0 Å². The van der Waals surface area contributed by atoms with Crippen LogP contribution in [0.15, 0.2) is 0 Å². The van der Waals surface area contributed by atoms with E-state index in [1.807, 2.05) is 0 Å². The van der Waals surface area contributed by atoms with Crippen molar-refractivity contribution in [1.29, 1.82) is 0 Å². The van der Waals surface area contributed by atoms with Gasteiger partial charge in [0.15, 0.2) is 0 Å². The lowest BCUT2D eigenvalue weighted by Crippen LogP contribution is -2.58. The molecule has 3 heteroatoms. The number of aliphatic hydroxyl groups excluding tert-OH is 1. The summed E-state index contributed by atoms with van der Waals surface area (Å²) in [6.07, 6.45) is 10.3. The van der Waals surface area contributed by atoms with Crippen LogP contribution in [-0.2, 0) is 4.79 Å². The van der Waals surface area contributed by atoms with E-state index >= 15 is 0 Å². The summed E-state index contributed by atoms with van der Waals surface area (Å²) in [6.45, 7) is 10.2. The molecule has 2 heterocycles. The Hall–Kier alpha value is -0.410. The van der Waals surface area contributed by atoms with Crippen molar-refractivity contribution in [2.24, 2.45) is 58.7 Å². The van der Waals surface area contributed by atoms with E-state index in [1.54, 1.807) is 0 Å². The van der Waals surface area contributed by atoms with Crippen LogP contribution in [0.5, 0.6) is 0 Å². The summed E-state index contributed by atoms with van der Waals surface area (Å²) in [6, 6.07) is 0.843. The Morgan fingerprint density at radius 3 is 2.53 bits per heavy atom. The number of hydrogen-bond acceptors (Lipinski definition) is 3. The fraction of sp³-hybridized carbons (Fsp3) is 0.963. The van der Waals surface area contributed by atoms with Crippen LogP contribution in [0.1, 0.15) is 78.6 Å². The molecule has 2 saturated heterocycles. The first-order valence-electron chi connectivity index (χ1n) is 13.3. The fourth-order valence-corrected chi connectivity index (χ4v) is 10.4. The molecule has 12 atom stereocenters. The van der Waals surface area contributed by atoms with Crippen LogP contribution in [0.2, 0.25) is 0 Å². The van der Waals surface area contributed by atoms with Gasteiger partial charge in [0, 0.05) is 32.0 Å². The summed E-state index contributed by atoms with van der Waals surface area (Å²) in [5.74, 6) is 7.36. The Morgan fingerprint density at radius 2 is 1.70 bits per heavy atom. The van der Waals surface area contributed by atoms with E-state index in [9.17, 15) is 9.90 Å². The molecule has 0 radical (unpaired) electrons. The summed E-state index contributed by atoms with van der Waals surface area (Å²) in [7, 11) is 0. The molecule has 1 N–H and O–H groups in total. The third kappa shape index (κ3) is 2.79. The standard InChI is InChI=1S/C27H43NO2/c1-15-4-7-25-16(2)18-5-6-19-20(22(18)14-28(25)13-15)11-23-21(19)12-26(30)24-10-17(29)8-9-27(23,24)3/h15-16,18-26,30H,4-14H2,1-3H3/t15-,16+,18+,19+,20+,21-,22+,23-,24+,25-,26-,27+/m0/s1. The Kier molecular flexibility index (Phi) is 4.75. The summed E-state index contributed by atoms with van der Waals surface area (Å²) in [5, 5.41) is 11.1. The molecule has 2 aliphatic heterocycles. The summed E-state index contributed by atoms with van der Waals surface area (Å²) < 4.78 is 0. The number of hydrogen-bond donors (Lipinski definition) is 1. The van der Waals surface area contributed by atoms with Crippen molar-refractivity contribution < 1.29 is 9.90 Å². The van der Waals surface area contributed by atoms with Gasteiger partial charge in [0.25, 0.3) is 0 Å². The molecule has 4 aliphatic carbocycles. The van der Waals surface area contributed by atoms with E-state index < -0.39 is 0 Å². The maximum absolute atomic E-state index is 12.2. The highest BCUT2D eigenvalue weighted by Gasteiger charge is 2.62. The first kappa shape index (κ1) is 20.2. The van der Waals surface area contributed by atoms with Gasteiger partial charge in [-0.2, -0.15) is 0 Å². The topological polar surface area (TPSA) is 40.5 Å². The second-order valence-corrected chi connectivity index (χ2v) is 13.0. The van der Waals surface area contributed by atoms with Gasteiger partial charge in [0.1, 0.15) is 5.78 Å². The number of carbonyl (C=O) groups is 1. The highest BCUT2D eigenvalue weighted by molar-refractivity contribution is 5.79. The number of Topliss-reactive ketones (excluding diaryl/α,β-unsaturated/α-hetero) is 1. The Labute approximate surface area is 183 Å². The van der Waals surface area contributed by atoms with Gasteiger partial charge >= 0.3 is 0 Å². The number of nitrogens with zero attached hydrogens (tertiary/aromatic N) is 1. The summed E-state index contributed by atoms with van der Waals surface area (Å²) in [4.78, 5) is 15.1. The van der Waals surface area contributed by atoms with Gasteiger partial charge in [-0.1, -0.05) is 20.8 Å². The Bertz CT molecular complexity index is 705. The minimum atomic E-state index is -0.241. The smallest absolute Gasteiger partial charge is 0.133 e. The molecule has 168 valence electrons. The molecule has 3 nitrogen and oxygen atoms in total. The molecule has 0 aromatic heterocycles. The molecule has 0 spiro atoms. The number of fused-ring (bicyclic) bond motifs is 8. The van der Waals surface area contributed by atoms with E-state index in [1.165, 1.54) is 45.2 Å². The van der Waals surface area contributed by atoms with E-state index in [-0.39, 0.29) is 17.4 Å². The highest BCUT2D eigenvalue weighted by Crippen LogP contribution is 2.66. The molecule has 0 aromatic rings. The monoisotopic (exact) mass is 413 g/mol. The molecule has 0 bridgehead atoms. The van der Waals surface area contributed by atoms with Crippen molar-refractivity contribution in [2.75, 3.05) is 13.1 Å². The van der Waals surface area contributed by atoms with Crippen LogP contribution in [0.25, 0.3) is 0 Å². The minimum Gasteiger partial charge on any atom is -0.393 e. The largest absolute Gasteiger partial charge is 0.393 e. The predicted octanol–water partition coefficient (Wildman–Crippen LogP) is 4.77. The lowest BCUT2D eigenvalue weighted by atomic mass is 9.51. The van der Waals surface area contributed by atoms with Crippen LogP contribution in [0, 0.1) is 58.7 Å². The Balaban J connectivity index is 1.28. The van der Waals surface area contributed by atoms with Gasteiger partial charge < -0.3 is 5.11 Å². The van der Waals surface area contributed by atoms with Crippen molar-refractivity contribution in [3.8, 4) is 0 Å². The number of rotatable bonds is 0. The van der Waals surface area contributed by atoms with Crippen molar-refractivity contribution >= 4 is 5.78 Å². The highest BCUT2D eigenvalue weighted by atomic mass is 16.3. The number of aliphatic hydroxyl groups is 1. The van der Waals surface area contributed by atoms with Gasteiger partial charge in [-0.05, 0) is 104 Å².